The van der Waals surface area contributed by atoms with Gasteiger partial charge in [-0.3, -0.25) is 18.7 Å². The average molecular weight is 466 g/mol. The molecule has 1 aromatic carbocycles. The zero-order valence-corrected chi connectivity index (χ0v) is 19.5. The van der Waals surface area contributed by atoms with Gasteiger partial charge in [-0.25, -0.2) is 9.78 Å². The molecule has 0 aliphatic heterocycles. The van der Waals surface area contributed by atoms with Gasteiger partial charge in [0.25, 0.3) is 5.56 Å². The summed E-state index contributed by atoms with van der Waals surface area (Å²) in [5, 5.41) is 10.8. The Hall–Kier alpha value is -4.08. The lowest BCUT2D eigenvalue weighted by Gasteiger charge is -2.20. The molecule has 34 heavy (non-hydrogen) atoms. The molecule has 3 heterocycles. The summed E-state index contributed by atoms with van der Waals surface area (Å²) >= 11 is 0. The monoisotopic (exact) mass is 465 g/mol. The van der Waals surface area contributed by atoms with Gasteiger partial charge in [0.05, 0.1) is 36.5 Å². The maximum Gasteiger partial charge on any atom is 0.328 e. The van der Waals surface area contributed by atoms with Crippen molar-refractivity contribution in [1.29, 1.82) is 0 Å². The summed E-state index contributed by atoms with van der Waals surface area (Å²) in [6.07, 6.45) is 3.67. The Kier molecular flexibility index (Phi) is 6.14. The number of H-pyrrole nitrogens is 1. The van der Waals surface area contributed by atoms with Crippen LogP contribution in [0.25, 0.3) is 11.0 Å². The number of aromatic hydroxyl groups is 1. The number of ether oxygens (including phenoxy) is 1. The van der Waals surface area contributed by atoms with Crippen LogP contribution in [0.2, 0.25) is 0 Å². The van der Waals surface area contributed by atoms with Crippen LogP contribution in [0.1, 0.15) is 34.9 Å². The highest BCUT2D eigenvalue weighted by atomic mass is 16.5. The van der Waals surface area contributed by atoms with Gasteiger partial charge in [-0.15, -0.1) is 0 Å². The largest absolute Gasteiger partial charge is 0.507 e. The van der Waals surface area contributed by atoms with Gasteiger partial charge in [-0.2, -0.15) is 0 Å². The zero-order valence-electron chi connectivity index (χ0n) is 19.5. The molecule has 0 fully saturated rings. The quantitative estimate of drug-likeness (QED) is 0.401. The topological polar surface area (TPSA) is 124 Å². The Balaban J connectivity index is 1.86. The first-order valence-corrected chi connectivity index (χ1v) is 10.9. The van der Waals surface area contributed by atoms with Crippen molar-refractivity contribution < 1.29 is 14.6 Å². The Morgan fingerprint density at radius 3 is 2.59 bits per heavy atom. The number of rotatable bonds is 7. The number of imidazole rings is 2. The maximum absolute atomic E-state index is 13.6. The third-order valence-corrected chi connectivity index (χ3v) is 6.33. The Morgan fingerprint density at radius 2 is 1.91 bits per heavy atom. The highest BCUT2D eigenvalue weighted by Gasteiger charge is 2.27. The third kappa shape index (κ3) is 4.02. The Bertz CT molecular complexity index is 1480. The van der Waals surface area contributed by atoms with E-state index in [2.05, 4.69) is 9.97 Å². The van der Waals surface area contributed by atoms with E-state index in [1.807, 2.05) is 0 Å². The Morgan fingerprint density at radius 1 is 1.18 bits per heavy atom. The fourth-order valence-corrected chi connectivity index (χ4v) is 4.40. The van der Waals surface area contributed by atoms with Crippen molar-refractivity contribution in [3.63, 3.8) is 0 Å². The number of aromatic amines is 1. The lowest BCUT2D eigenvalue weighted by atomic mass is 9.88. The minimum Gasteiger partial charge on any atom is -0.507 e. The molecule has 3 aromatic heterocycles. The Labute approximate surface area is 195 Å². The summed E-state index contributed by atoms with van der Waals surface area (Å²) in [6, 6.07) is 6.85. The molecule has 10 nitrogen and oxygen atoms in total. The number of methoxy groups -OCH3 is 1. The lowest BCUT2D eigenvalue weighted by Crippen LogP contribution is -2.29. The van der Waals surface area contributed by atoms with Gasteiger partial charge in [0.2, 0.25) is 0 Å². The maximum atomic E-state index is 13.6. The van der Waals surface area contributed by atoms with Crippen LogP contribution in [0.4, 0.5) is 0 Å². The van der Waals surface area contributed by atoms with Crippen LogP contribution < -0.4 is 11.2 Å². The van der Waals surface area contributed by atoms with E-state index < -0.39 is 11.9 Å². The molecule has 0 spiro atoms. The highest BCUT2D eigenvalue weighted by molar-refractivity contribution is 5.78. The van der Waals surface area contributed by atoms with Gasteiger partial charge in [0.1, 0.15) is 5.75 Å². The first kappa shape index (κ1) is 23.1. The molecule has 0 unspecified atom stereocenters. The van der Waals surface area contributed by atoms with Crippen LogP contribution in [0.5, 0.6) is 5.75 Å². The van der Waals surface area contributed by atoms with E-state index in [1.165, 1.54) is 22.3 Å². The second-order valence-electron chi connectivity index (χ2n) is 8.35. The number of hydrogen-bond donors (Lipinski definition) is 2. The summed E-state index contributed by atoms with van der Waals surface area (Å²) in [4.78, 5) is 45.3. The molecule has 0 amide bonds. The van der Waals surface area contributed by atoms with Crippen LogP contribution in [-0.4, -0.2) is 41.9 Å². The number of benzene rings is 1. The number of carbonyl (C=O) groups is 1. The summed E-state index contributed by atoms with van der Waals surface area (Å²) in [5.74, 6) is -1.47. The van der Waals surface area contributed by atoms with Crippen LogP contribution in [0.15, 0.2) is 46.4 Å². The molecular weight excluding hydrogens is 438 g/mol. The number of aryl methyl sites for hydroxylation is 4. The summed E-state index contributed by atoms with van der Waals surface area (Å²) in [5.41, 5.74) is 3.02. The van der Waals surface area contributed by atoms with Crippen molar-refractivity contribution in [3.05, 3.63) is 80.1 Å². The van der Waals surface area contributed by atoms with Crippen molar-refractivity contribution in [2.75, 3.05) is 7.11 Å². The number of esters is 1. The third-order valence-electron chi connectivity index (χ3n) is 6.33. The van der Waals surface area contributed by atoms with Crippen LogP contribution in [0, 0.1) is 6.92 Å². The molecule has 0 bridgehead atoms. The number of nitrogens with zero attached hydrogens (tertiary/aromatic N) is 4. The number of aromatic nitrogens is 5. The smallest absolute Gasteiger partial charge is 0.328 e. The van der Waals surface area contributed by atoms with Crippen LogP contribution >= 0.6 is 0 Å². The van der Waals surface area contributed by atoms with Gasteiger partial charge in [-0.1, -0.05) is 6.07 Å². The molecule has 2 N–H and O–H groups in total. The molecule has 4 rings (SSSR count). The number of pyridine rings is 1. The molecule has 0 aliphatic rings. The number of fused-ring (bicyclic) bond motifs is 1. The summed E-state index contributed by atoms with van der Waals surface area (Å²) in [6.45, 7) is 2.12. The number of hydrogen-bond acceptors (Lipinski definition) is 6. The van der Waals surface area contributed by atoms with Crippen molar-refractivity contribution in [2.45, 2.75) is 32.2 Å². The van der Waals surface area contributed by atoms with E-state index in [0.717, 1.165) is 11.2 Å². The van der Waals surface area contributed by atoms with Gasteiger partial charge in [0, 0.05) is 50.6 Å². The molecule has 10 heteroatoms. The molecule has 1 atom stereocenters. The normalized spacial score (nSPS) is 12.2. The van der Waals surface area contributed by atoms with Crippen LogP contribution in [0.3, 0.4) is 0 Å². The second-order valence-corrected chi connectivity index (χ2v) is 8.35. The molecule has 4 aromatic rings. The molecule has 0 radical (unpaired) electrons. The number of nitrogens with one attached hydrogen (secondary N) is 1. The number of carbonyl (C=O) groups excluding carboxylic acids is 1. The van der Waals surface area contributed by atoms with Crippen molar-refractivity contribution in [2.24, 2.45) is 14.1 Å². The first-order valence-electron chi connectivity index (χ1n) is 10.9. The second kappa shape index (κ2) is 9.05. The minimum absolute atomic E-state index is 0.112. The lowest BCUT2D eigenvalue weighted by molar-refractivity contribution is -0.140. The standard InChI is InChI=1S/C24H27N5O5/c1-14-9-20(30)22(23(32)29(14)8-7-16-12-25-13-26-16)17(11-21(31)34-4)15-5-6-18-19(10-15)28(3)24(33)27(18)2/h5-6,9-10,12-13,17,30H,7-8,11H2,1-4H3,(H,25,26)/t17-/m1/s1. The van der Waals surface area contributed by atoms with E-state index in [1.54, 1.807) is 56.3 Å². The summed E-state index contributed by atoms with van der Waals surface area (Å²) in [7, 11) is 4.62. The average Bonchev–Trinajstić information content (AvgIpc) is 3.41. The van der Waals surface area contributed by atoms with E-state index in [4.69, 9.17) is 4.74 Å². The predicted octanol–water partition coefficient (Wildman–Crippen LogP) is 1.71. The molecule has 0 aliphatic carbocycles. The predicted molar refractivity (Wildman–Crippen MR) is 126 cm³/mol. The SMILES string of the molecule is COC(=O)C[C@H](c1ccc2c(c1)n(C)c(=O)n2C)c1c(O)cc(C)n(CCc2cnc[nH]2)c1=O. The zero-order chi connectivity index (χ0) is 24.6. The van der Waals surface area contributed by atoms with Gasteiger partial charge in [-0.05, 0) is 30.7 Å². The van der Waals surface area contributed by atoms with E-state index >= 15 is 0 Å². The minimum atomic E-state index is -0.765. The van der Waals surface area contributed by atoms with E-state index in [-0.39, 0.29) is 29.0 Å². The van der Waals surface area contributed by atoms with Crippen molar-refractivity contribution >= 4 is 17.0 Å². The molecule has 0 saturated heterocycles. The van der Waals surface area contributed by atoms with Crippen molar-refractivity contribution in [3.8, 4) is 5.75 Å². The summed E-state index contributed by atoms with van der Waals surface area (Å²) < 4.78 is 9.50. The van der Waals surface area contributed by atoms with Crippen molar-refractivity contribution in [1.82, 2.24) is 23.7 Å². The fraction of sp³-hybridized carbons (Fsp3) is 0.333. The van der Waals surface area contributed by atoms with Gasteiger partial charge < -0.3 is 19.4 Å². The molecule has 0 saturated carbocycles. The van der Waals surface area contributed by atoms with Crippen LogP contribution in [-0.2, 0) is 36.6 Å². The van der Waals surface area contributed by atoms with Gasteiger partial charge >= 0.3 is 11.7 Å². The van der Waals surface area contributed by atoms with Gasteiger partial charge in [0.15, 0.2) is 0 Å². The first-order chi connectivity index (χ1) is 16.2. The highest BCUT2D eigenvalue weighted by Crippen LogP contribution is 2.34. The fourth-order valence-electron chi connectivity index (χ4n) is 4.40. The molecular formula is C24H27N5O5. The molecule has 178 valence electrons. The van der Waals surface area contributed by atoms with E-state index in [0.29, 0.717) is 29.7 Å². The van der Waals surface area contributed by atoms with E-state index in [9.17, 15) is 19.5 Å².